The summed E-state index contributed by atoms with van der Waals surface area (Å²) in [6.45, 7) is 0.232. The van der Waals surface area contributed by atoms with E-state index in [9.17, 15) is 9.18 Å². The molecule has 1 amide bonds. The van der Waals surface area contributed by atoms with Crippen LogP contribution in [0.1, 0.15) is 11.4 Å². The molecule has 0 aliphatic heterocycles. The van der Waals surface area contributed by atoms with E-state index >= 15 is 0 Å². The van der Waals surface area contributed by atoms with Crippen LogP contribution in [0.5, 0.6) is 0 Å². The van der Waals surface area contributed by atoms with E-state index in [0.29, 0.717) is 22.7 Å². The Morgan fingerprint density at radius 3 is 2.93 bits per heavy atom. The second-order valence-electron chi connectivity index (χ2n) is 5.91. The van der Waals surface area contributed by atoms with E-state index < -0.39 is 5.82 Å². The predicted molar refractivity (Wildman–Crippen MR) is 105 cm³/mol. The average Bonchev–Trinajstić information content (AvgIpc) is 3.31. The molecule has 28 heavy (non-hydrogen) atoms. The summed E-state index contributed by atoms with van der Waals surface area (Å²) in [5, 5.41) is 14.9. The van der Waals surface area contributed by atoms with Crippen LogP contribution in [0.15, 0.2) is 65.5 Å². The zero-order valence-corrected chi connectivity index (χ0v) is 16.0. The third-order valence-electron chi connectivity index (χ3n) is 4.00. The van der Waals surface area contributed by atoms with E-state index in [1.165, 1.54) is 16.8 Å². The van der Waals surface area contributed by atoms with Crippen molar-refractivity contribution in [3.8, 4) is 5.69 Å². The Bertz CT molecular complexity index is 1180. The van der Waals surface area contributed by atoms with Crippen molar-refractivity contribution >= 4 is 33.6 Å². The first-order valence-corrected chi connectivity index (χ1v) is 9.14. The molecule has 1 N–H and O–H groups in total. The normalized spacial score (nSPS) is 11.4. The SMILES string of the molecule is O=C(/C=C/c1ccc(-n2cc(Br)cn2)c(F)c1)NCc1nnc2ccccn12. The largest absolute Gasteiger partial charge is 0.345 e. The first-order valence-electron chi connectivity index (χ1n) is 8.35. The molecule has 0 spiro atoms. The highest BCUT2D eigenvalue weighted by atomic mass is 79.9. The minimum atomic E-state index is -0.437. The van der Waals surface area contributed by atoms with Gasteiger partial charge in [-0.3, -0.25) is 9.20 Å². The van der Waals surface area contributed by atoms with Gasteiger partial charge in [-0.1, -0.05) is 12.1 Å². The molecule has 0 aliphatic carbocycles. The zero-order chi connectivity index (χ0) is 19.5. The highest BCUT2D eigenvalue weighted by Gasteiger charge is 2.07. The van der Waals surface area contributed by atoms with Crippen molar-refractivity contribution in [2.45, 2.75) is 6.54 Å². The van der Waals surface area contributed by atoms with Crippen LogP contribution in [0.3, 0.4) is 0 Å². The Hall–Kier alpha value is -3.33. The van der Waals surface area contributed by atoms with Gasteiger partial charge in [-0.25, -0.2) is 9.07 Å². The lowest BCUT2D eigenvalue weighted by Gasteiger charge is -2.04. The van der Waals surface area contributed by atoms with Gasteiger partial charge in [0.2, 0.25) is 5.91 Å². The number of rotatable bonds is 5. The molecule has 0 saturated carbocycles. The van der Waals surface area contributed by atoms with Gasteiger partial charge < -0.3 is 5.32 Å². The van der Waals surface area contributed by atoms with Gasteiger partial charge >= 0.3 is 0 Å². The Morgan fingerprint density at radius 1 is 1.25 bits per heavy atom. The third-order valence-corrected chi connectivity index (χ3v) is 4.41. The highest BCUT2D eigenvalue weighted by Crippen LogP contribution is 2.18. The number of nitrogens with zero attached hydrogens (tertiary/aromatic N) is 5. The van der Waals surface area contributed by atoms with E-state index in [-0.39, 0.29) is 12.5 Å². The number of carbonyl (C=O) groups excluding carboxylic acids is 1. The third kappa shape index (κ3) is 3.84. The molecule has 0 bridgehead atoms. The van der Waals surface area contributed by atoms with Crippen molar-refractivity contribution in [3.05, 3.63) is 82.7 Å². The van der Waals surface area contributed by atoms with Gasteiger partial charge in [0.25, 0.3) is 0 Å². The van der Waals surface area contributed by atoms with E-state index in [4.69, 9.17) is 0 Å². The maximum absolute atomic E-state index is 14.3. The molecule has 0 fully saturated rings. The summed E-state index contributed by atoms with van der Waals surface area (Å²) in [4.78, 5) is 12.1. The van der Waals surface area contributed by atoms with Crippen molar-refractivity contribution in [1.82, 2.24) is 29.7 Å². The van der Waals surface area contributed by atoms with Crippen LogP contribution < -0.4 is 5.32 Å². The molecule has 7 nitrogen and oxygen atoms in total. The summed E-state index contributed by atoms with van der Waals surface area (Å²) in [6.07, 6.45) is 7.96. The van der Waals surface area contributed by atoms with Crippen molar-refractivity contribution in [2.75, 3.05) is 0 Å². The van der Waals surface area contributed by atoms with Crippen LogP contribution in [0.2, 0.25) is 0 Å². The maximum Gasteiger partial charge on any atom is 0.244 e. The van der Waals surface area contributed by atoms with Gasteiger partial charge in [-0.05, 0) is 51.8 Å². The number of amides is 1. The van der Waals surface area contributed by atoms with E-state index in [0.717, 1.165) is 4.47 Å². The van der Waals surface area contributed by atoms with Gasteiger partial charge in [-0.15, -0.1) is 10.2 Å². The molecular weight excluding hydrogens is 427 g/mol. The Labute approximate surface area is 167 Å². The average molecular weight is 441 g/mol. The topological polar surface area (TPSA) is 77.1 Å². The first kappa shape index (κ1) is 18.1. The van der Waals surface area contributed by atoms with Gasteiger partial charge in [0, 0.05) is 18.5 Å². The molecule has 3 heterocycles. The van der Waals surface area contributed by atoms with E-state index in [2.05, 4.69) is 36.5 Å². The fourth-order valence-electron chi connectivity index (χ4n) is 2.65. The number of nitrogens with one attached hydrogen (secondary N) is 1. The fraction of sp³-hybridized carbons (Fsp3) is 0.0526. The van der Waals surface area contributed by atoms with Crippen LogP contribution in [-0.2, 0) is 11.3 Å². The molecule has 9 heteroatoms. The lowest BCUT2D eigenvalue weighted by molar-refractivity contribution is -0.116. The second kappa shape index (κ2) is 7.73. The van der Waals surface area contributed by atoms with Gasteiger partial charge in [0.1, 0.15) is 11.5 Å². The summed E-state index contributed by atoms with van der Waals surface area (Å²) in [5.41, 5.74) is 1.60. The number of hydrogen-bond donors (Lipinski definition) is 1. The molecule has 0 radical (unpaired) electrons. The number of aromatic nitrogens is 5. The van der Waals surface area contributed by atoms with Crippen LogP contribution in [0.4, 0.5) is 4.39 Å². The number of halogens is 2. The number of pyridine rings is 1. The molecule has 3 aromatic heterocycles. The first-order chi connectivity index (χ1) is 13.6. The number of benzene rings is 1. The molecule has 4 rings (SSSR count). The Morgan fingerprint density at radius 2 is 2.14 bits per heavy atom. The van der Waals surface area contributed by atoms with Crippen LogP contribution in [-0.4, -0.2) is 30.3 Å². The quantitative estimate of drug-likeness (QED) is 0.483. The summed E-state index contributed by atoms with van der Waals surface area (Å²) in [7, 11) is 0. The standard InChI is InChI=1S/C19H14BrFN6O/c20-14-10-23-27(12-14)16-6-4-13(9-15(16)21)5-7-19(28)22-11-18-25-24-17-3-1-2-8-26(17)18/h1-10,12H,11H2,(H,22,28)/b7-5+. The van der Waals surface area contributed by atoms with Crippen LogP contribution in [0, 0.1) is 5.82 Å². The van der Waals surface area contributed by atoms with Crippen molar-refractivity contribution in [2.24, 2.45) is 0 Å². The summed E-state index contributed by atoms with van der Waals surface area (Å²) in [6, 6.07) is 10.2. The summed E-state index contributed by atoms with van der Waals surface area (Å²) >= 11 is 3.28. The van der Waals surface area contributed by atoms with Gasteiger partial charge in [0.05, 0.1) is 17.2 Å². The number of hydrogen-bond acceptors (Lipinski definition) is 4. The second-order valence-corrected chi connectivity index (χ2v) is 6.83. The minimum absolute atomic E-state index is 0.232. The molecule has 1 aromatic carbocycles. The zero-order valence-electron chi connectivity index (χ0n) is 14.5. The smallest absolute Gasteiger partial charge is 0.244 e. The monoisotopic (exact) mass is 440 g/mol. The summed E-state index contributed by atoms with van der Waals surface area (Å²) < 4.78 is 18.3. The van der Waals surface area contributed by atoms with E-state index in [1.807, 2.05) is 24.4 Å². The van der Waals surface area contributed by atoms with E-state index in [1.54, 1.807) is 35.0 Å². The van der Waals surface area contributed by atoms with Crippen LogP contribution in [0.25, 0.3) is 17.4 Å². The van der Waals surface area contributed by atoms with Gasteiger partial charge in [0.15, 0.2) is 11.5 Å². The number of fused-ring (bicyclic) bond motifs is 1. The molecule has 0 aliphatic rings. The Balaban J connectivity index is 1.41. The lowest BCUT2D eigenvalue weighted by atomic mass is 10.2. The lowest BCUT2D eigenvalue weighted by Crippen LogP contribution is -2.21. The molecule has 0 unspecified atom stereocenters. The fourth-order valence-corrected chi connectivity index (χ4v) is 2.94. The van der Waals surface area contributed by atoms with Crippen molar-refractivity contribution in [1.29, 1.82) is 0 Å². The van der Waals surface area contributed by atoms with Gasteiger partial charge in [-0.2, -0.15) is 5.10 Å². The Kier molecular flexibility index (Phi) is 4.98. The molecule has 0 saturated heterocycles. The number of carbonyl (C=O) groups is 1. The highest BCUT2D eigenvalue weighted by molar-refractivity contribution is 9.10. The molecule has 0 atom stereocenters. The molecular formula is C19H14BrFN6O. The maximum atomic E-state index is 14.3. The van der Waals surface area contributed by atoms with Crippen molar-refractivity contribution in [3.63, 3.8) is 0 Å². The van der Waals surface area contributed by atoms with Crippen molar-refractivity contribution < 1.29 is 9.18 Å². The minimum Gasteiger partial charge on any atom is -0.345 e. The van der Waals surface area contributed by atoms with Crippen LogP contribution >= 0.6 is 15.9 Å². The summed E-state index contributed by atoms with van der Waals surface area (Å²) in [5.74, 6) is -0.126. The molecule has 4 aromatic rings. The predicted octanol–water partition coefficient (Wildman–Crippen LogP) is 3.15. The molecule has 140 valence electrons.